The lowest BCUT2D eigenvalue weighted by Crippen LogP contribution is -2.09. The third kappa shape index (κ3) is 1.93. The van der Waals surface area contributed by atoms with E-state index in [1.54, 1.807) is 0 Å². The van der Waals surface area contributed by atoms with Crippen molar-refractivity contribution in [3.63, 3.8) is 0 Å². The van der Waals surface area contributed by atoms with Gasteiger partial charge in [-0.1, -0.05) is 0 Å². The van der Waals surface area contributed by atoms with Crippen LogP contribution in [0.25, 0.3) is 5.69 Å². The van der Waals surface area contributed by atoms with Crippen molar-refractivity contribution in [3.8, 4) is 5.69 Å². The Labute approximate surface area is 107 Å². The molecular formula is C14H18N4. The highest BCUT2D eigenvalue weighted by atomic mass is 15.3. The van der Waals surface area contributed by atoms with E-state index in [2.05, 4.69) is 22.2 Å². The minimum Gasteiger partial charge on any atom is -0.326 e. The summed E-state index contributed by atoms with van der Waals surface area (Å²) in [6.07, 6.45) is 4.57. The zero-order valence-electron chi connectivity index (χ0n) is 10.8. The van der Waals surface area contributed by atoms with Crippen LogP contribution in [0.2, 0.25) is 0 Å². The molecular weight excluding hydrogens is 224 g/mol. The molecule has 0 amide bonds. The summed E-state index contributed by atoms with van der Waals surface area (Å²) in [5.41, 5.74) is 11.2. The average molecular weight is 242 g/mol. The van der Waals surface area contributed by atoms with Gasteiger partial charge >= 0.3 is 0 Å². The Morgan fingerprint density at radius 3 is 2.83 bits per heavy atom. The topological polar surface area (TPSA) is 56.7 Å². The van der Waals surface area contributed by atoms with Crippen molar-refractivity contribution in [1.29, 1.82) is 0 Å². The van der Waals surface area contributed by atoms with Crippen molar-refractivity contribution < 1.29 is 0 Å². The summed E-state index contributed by atoms with van der Waals surface area (Å²) in [6, 6.07) is 4.17. The van der Waals surface area contributed by atoms with E-state index in [1.165, 1.54) is 18.5 Å². The summed E-state index contributed by atoms with van der Waals surface area (Å²) in [5, 5.41) is 4.67. The van der Waals surface area contributed by atoms with Crippen LogP contribution in [0.4, 0.5) is 0 Å². The number of nitrogens with two attached hydrogens (primary N) is 1. The molecule has 1 aliphatic carbocycles. The maximum Gasteiger partial charge on any atom is 0.0726 e. The molecule has 0 aliphatic heterocycles. The summed E-state index contributed by atoms with van der Waals surface area (Å²) < 4.78 is 1.94. The van der Waals surface area contributed by atoms with Gasteiger partial charge in [-0.05, 0) is 38.8 Å². The molecule has 0 unspecified atom stereocenters. The van der Waals surface area contributed by atoms with Crippen molar-refractivity contribution >= 4 is 0 Å². The number of aromatic nitrogens is 3. The molecule has 0 aromatic carbocycles. The Morgan fingerprint density at radius 1 is 1.39 bits per heavy atom. The summed E-state index contributed by atoms with van der Waals surface area (Å²) in [6.45, 7) is 4.50. The molecule has 2 aromatic heterocycles. The number of rotatable bonds is 3. The largest absolute Gasteiger partial charge is 0.326 e. The minimum atomic E-state index is 0.493. The van der Waals surface area contributed by atoms with Gasteiger partial charge in [-0.25, -0.2) is 4.68 Å². The first kappa shape index (κ1) is 11.4. The SMILES string of the molecule is Cc1cc(-n2ccc(C3CC3)n2)c(CN)c(C)n1. The van der Waals surface area contributed by atoms with Crippen LogP contribution in [0.5, 0.6) is 0 Å². The second-order valence-electron chi connectivity index (χ2n) is 5.01. The Hall–Kier alpha value is -1.68. The lowest BCUT2D eigenvalue weighted by Gasteiger charge is -2.11. The lowest BCUT2D eigenvalue weighted by atomic mass is 10.1. The van der Waals surface area contributed by atoms with Crippen LogP contribution < -0.4 is 5.73 Å². The first-order valence-electron chi connectivity index (χ1n) is 6.42. The molecule has 1 fully saturated rings. The fourth-order valence-corrected chi connectivity index (χ4v) is 2.36. The first-order chi connectivity index (χ1) is 8.69. The van der Waals surface area contributed by atoms with Crippen LogP contribution in [0.15, 0.2) is 18.3 Å². The van der Waals surface area contributed by atoms with Crippen molar-refractivity contribution in [3.05, 3.63) is 41.0 Å². The molecule has 0 saturated heterocycles. The predicted molar refractivity (Wildman–Crippen MR) is 70.7 cm³/mol. The molecule has 0 atom stereocenters. The Bertz CT molecular complexity index is 581. The quantitative estimate of drug-likeness (QED) is 0.897. The number of pyridine rings is 1. The predicted octanol–water partition coefficient (Wildman–Crippen LogP) is 2.22. The molecule has 1 aliphatic rings. The molecule has 0 bridgehead atoms. The number of nitrogens with zero attached hydrogens (tertiary/aromatic N) is 3. The van der Waals surface area contributed by atoms with E-state index in [0.717, 1.165) is 22.6 Å². The molecule has 1 saturated carbocycles. The van der Waals surface area contributed by atoms with Crippen LogP contribution in [0, 0.1) is 13.8 Å². The van der Waals surface area contributed by atoms with Gasteiger partial charge in [0.2, 0.25) is 0 Å². The van der Waals surface area contributed by atoms with Crippen molar-refractivity contribution in [2.24, 2.45) is 5.73 Å². The Kier molecular flexibility index (Phi) is 2.67. The summed E-state index contributed by atoms with van der Waals surface area (Å²) in [7, 11) is 0. The third-order valence-corrected chi connectivity index (χ3v) is 3.49. The van der Waals surface area contributed by atoms with Crippen LogP contribution >= 0.6 is 0 Å². The van der Waals surface area contributed by atoms with Crippen LogP contribution in [0.1, 0.15) is 41.4 Å². The third-order valence-electron chi connectivity index (χ3n) is 3.49. The smallest absolute Gasteiger partial charge is 0.0726 e. The van der Waals surface area contributed by atoms with Crippen molar-refractivity contribution in [1.82, 2.24) is 14.8 Å². The maximum atomic E-state index is 5.84. The molecule has 18 heavy (non-hydrogen) atoms. The van der Waals surface area contributed by atoms with E-state index in [9.17, 15) is 0 Å². The number of aryl methyl sites for hydroxylation is 2. The second kappa shape index (κ2) is 4.21. The van der Waals surface area contributed by atoms with E-state index < -0.39 is 0 Å². The molecule has 3 rings (SSSR count). The van der Waals surface area contributed by atoms with Gasteiger partial charge in [-0.3, -0.25) is 4.98 Å². The van der Waals surface area contributed by atoms with Gasteiger partial charge < -0.3 is 5.73 Å². The van der Waals surface area contributed by atoms with Gasteiger partial charge in [0.05, 0.1) is 11.4 Å². The van der Waals surface area contributed by atoms with Crippen LogP contribution in [-0.4, -0.2) is 14.8 Å². The fourth-order valence-electron chi connectivity index (χ4n) is 2.36. The molecule has 2 heterocycles. The molecule has 0 radical (unpaired) electrons. The zero-order chi connectivity index (χ0) is 12.7. The monoisotopic (exact) mass is 242 g/mol. The summed E-state index contributed by atoms with van der Waals surface area (Å²) in [5.74, 6) is 0.677. The number of hydrogen-bond acceptors (Lipinski definition) is 3. The van der Waals surface area contributed by atoms with Gasteiger partial charge in [0.25, 0.3) is 0 Å². The molecule has 4 nitrogen and oxygen atoms in total. The maximum absolute atomic E-state index is 5.84. The normalized spacial score (nSPS) is 15.1. The summed E-state index contributed by atoms with van der Waals surface area (Å²) in [4.78, 5) is 4.46. The van der Waals surface area contributed by atoms with Gasteiger partial charge in [0.15, 0.2) is 0 Å². The highest BCUT2D eigenvalue weighted by Crippen LogP contribution is 2.39. The zero-order valence-corrected chi connectivity index (χ0v) is 10.8. The van der Waals surface area contributed by atoms with Gasteiger partial charge in [0, 0.05) is 35.6 Å². The van der Waals surface area contributed by atoms with Crippen LogP contribution in [0.3, 0.4) is 0 Å². The average Bonchev–Trinajstić information content (AvgIpc) is 3.06. The van der Waals surface area contributed by atoms with E-state index in [1.807, 2.05) is 24.7 Å². The fraction of sp³-hybridized carbons (Fsp3) is 0.429. The van der Waals surface area contributed by atoms with Gasteiger partial charge in [-0.2, -0.15) is 5.10 Å². The standard InChI is InChI=1S/C14H18N4/c1-9-7-14(12(8-15)10(2)16-9)18-6-5-13(17-18)11-3-4-11/h5-7,11H,3-4,8,15H2,1-2H3. The number of hydrogen-bond donors (Lipinski definition) is 1. The second-order valence-corrected chi connectivity index (χ2v) is 5.01. The van der Waals surface area contributed by atoms with Gasteiger partial charge in [-0.15, -0.1) is 0 Å². The minimum absolute atomic E-state index is 0.493. The Morgan fingerprint density at radius 2 is 2.17 bits per heavy atom. The van der Waals surface area contributed by atoms with E-state index in [4.69, 9.17) is 5.73 Å². The van der Waals surface area contributed by atoms with E-state index in [0.29, 0.717) is 12.5 Å². The molecule has 0 spiro atoms. The van der Waals surface area contributed by atoms with Gasteiger partial charge in [0.1, 0.15) is 0 Å². The van der Waals surface area contributed by atoms with Crippen molar-refractivity contribution in [2.75, 3.05) is 0 Å². The van der Waals surface area contributed by atoms with E-state index in [-0.39, 0.29) is 0 Å². The molecule has 94 valence electrons. The van der Waals surface area contributed by atoms with Crippen LogP contribution in [-0.2, 0) is 6.54 Å². The highest BCUT2D eigenvalue weighted by Gasteiger charge is 2.26. The lowest BCUT2D eigenvalue weighted by molar-refractivity contribution is 0.812. The van der Waals surface area contributed by atoms with Crippen molar-refractivity contribution in [2.45, 2.75) is 39.2 Å². The van der Waals surface area contributed by atoms with E-state index >= 15 is 0 Å². The summed E-state index contributed by atoms with van der Waals surface area (Å²) >= 11 is 0. The molecule has 4 heteroatoms. The Balaban J connectivity index is 2.08. The molecule has 2 aromatic rings. The highest BCUT2D eigenvalue weighted by molar-refractivity contribution is 5.44. The molecule has 2 N–H and O–H groups in total. The first-order valence-corrected chi connectivity index (χ1v) is 6.42.